The molecule has 4 rings (SSSR count). The highest BCUT2D eigenvalue weighted by atomic mass is 16.1. The molecular formula is C15H13N7O. The number of aryl methyl sites for hydroxylation is 1. The van der Waals surface area contributed by atoms with Crippen LogP contribution >= 0.6 is 0 Å². The van der Waals surface area contributed by atoms with Crippen molar-refractivity contribution < 1.29 is 4.79 Å². The van der Waals surface area contributed by atoms with Gasteiger partial charge in [0.05, 0.1) is 30.1 Å². The van der Waals surface area contributed by atoms with Crippen LogP contribution in [-0.2, 0) is 7.05 Å². The van der Waals surface area contributed by atoms with E-state index in [2.05, 4.69) is 15.1 Å². The SMILES string of the molecule is Cn1ccc(-c2cncn2-c2ccc3ncc(C(N)=O)n3c2)n1. The summed E-state index contributed by atoms with van der Waals surface area (Å²) in [6, 6.07) is 5.64. The molecule has 8 nitrogen and oxygen atoms in total. The third kappa shape index (κ3) is 2.08. The van der Waals surface area contributed by atoms with E-state index in [0.29, 0.717) is 11.3 Å². The third-order valence-electron chi connectivity index (χ3n) is 3.64. The highest BCUT2D eigenvalue weighted by molar-refractivity contribution is 5.91. The average molecular weight is 307 g/mol. The van der Waals surface area contributed by atoms with Gasteiger partial charge in [0.25, 0.3) is 5.91 Å². The quantitative estimate of drug-likeness (QED) is 0.611. The Balaban J connectivity index is 1.88. The number of carbonyl (C=O) groups is 1. The first-order valence-electron chi connectivity index (χ1n) is 6.93. The molecule has 0 unspecified atom stereocenters. The number of primary amides is 1. The molecule has 0 saturated carbocycles. The Morgan fingerprint density at radius 1 is 1.22 bits per heavy atom. The summed E-state index contributed by atoms with van der Waals surface area (Å²) in [6.07, 6.45) is 8.59. The van der Waals surface area contributed by atoms with E-state index in [9.17, 15) is 4.79 Å². The molecule has 0 bridgehead atoms. The molecule has 0 aliphatic rings. The lowest BCUT2D eigenvalue weighted by Gasteiger charge is -2.08. The van der Waals surface area contributed by atoms with Crippen LogP contribution < -0.4 is 5.73 Å². The minimum absolute atomic E-state index is 0.335. The third-order valence-corrected chi connectivity index (χ3v) is 3.64. The Morgan fingerprint density at radius 2 is 2.09 bits per heavy atom. The average Bonchev–Trinajstić information content (AvgIpc) is 3.24. The van der Waals surface area contributed by atoms with Crippen molar-refractivity contribution >= 4 is 11.6 Å². The normalized spacial score (nSPS) is 11.2. The molecular weight excluding hydrogens is 294 g/mol. The second-order valence-electron chi connectivity index (χ2n) is 5.15. The smallest absolute Gasteiger partial charge is 0.267 e. The van der Waals surface area contributed by atoms with Gasteiger partial charge < -0.3 is 5.73 Å². The summed E-state index contributed by atoms with van der Waals surface area (Å²) >= 11 is 0. The molecule has 4 aromatic heterocycles. The highest BCUT2D eigenvalue weighted by Crippen LogP contribution is 2.21. The van der Waals surface area contributed by atoms with Gasteiger partial charge in [0.2, 0.25) is 0 Å². The van der Waals surface area contributed by atoms with Gasteiger partial charge in [-0.1, -0.05) is 0 Å². The monoisotopic (exact) mass is 307 g/mol. The number of hydrogen-bond acceptors (Lipinski definition) is 4. The van der Waals surface area contributed by atoms with Crippen LogP contribution in [-0.4, -0.2) is 34.6 Å². The van der Waals surface area contributed by atoms with E-state index < -0.39 is 5.91 Å². The van der Waals surface area contributed by atoms with E-state index in [0.717, 1.165) is 17.1 Å². The maximum absolute atomic E-state index is 11.5. The van der Waals surface area contributed by atoms with Crippen molar-refractivity contribution in [2.75, 3.05) is 0 Å². The second-order valence-corrected chi connectivity index (χ2v) is 5.15. The number of carbonyl (C=O) groups excluding carboxylic acids is 1. The van der Waals surface area contributed by atoms with Gasteiger partial charge in [-0.15, -0.1) is 0 Å². The van der Waals surface area contributed by atoms with Crippen molar-refractivity contribution in [1.29, 1.82) is 0 Å². The van der Waals surface area contributed by atoms with Gasteiger partial charge in [-0.05, 0) is 18.2 Å². The van der Waals surface area contributed by atoms with Crippen LogP contribution in [0.1, 0.15) is 10.5 Å². The Hall–Kier alpha value is -3.42. The van der Waals surface area contributed by atoms with E-state index in [1.165, 1.54) is 6.20 Å². The van der Waals surface area contributed by atoms with Gasteiger partial charge >= 0.3 is 0 Å². The molecule has 4 heterocycles. The predicted octanol–water partition coefficient (Wildman–Crippen LogP) is 1.02. The number of rotatable bonds is 3. The molecule has 1 amide bonds. The van der Waals surface area contributed by atoms with E-state index >= 15 is 0 Å². The number of pyridine rings is 1. The van der Waals surface area contributed by atoms with E-state index in [4.69, 9.17) is 5.73 Å². The fraction of sp³-hybridized carbons (Fsp3) is 0.0667. The van der Waals surface area contributed by atoms with Gasteiger partial charge in [0, 0.05) is 19.4 Å². The van der Waals surface area contributed by atoms with E-state index in [1.807, 2.05) is 36.0 Å². The Kier molecular flexibility index (Phi) is 2.77. The van der Waals surface area contributed by atoms with Crippen LogP contribution in [0.4, 0.5) is 0 Å². The van der Waals surface area contributed by atoms with Crippen LogP contribution in [0.25, 0.3) is 22.7 Å². The number of imidazole rings is 2. The fourth-order valence-electron chi connectivity index (χ4n) is 2.54. The van der Waals surface area contributed by atoms with Crippen molar-refractivity contribution in [3.05, 3.63) is 55.0 Å². The van der Waals surface area contributed by atoms with E-state index in [-0.39, 0.29) is 0 Å². The zero-order valence-corrected chi connectivity index (χ0v) is 12.3. The molecule has 2 N–H and O–H groups in total. The standard InChI is InChI=1S/C15H13N7O/c1-20-5-4-11(19-20)12-6-17-9-22(12)10-2-3-14-18-7-13(15(16)23)21(14)8-10/h2-9H,1H3,(H2,16,23). The predicted molar refractivity (Wildman–Crippen MR) is 83.0 cm³/mol. The molecule has 0 spiro atoms. The molecule has 0 saturated heterocycles. The maximum Gasteiger partial charge on any atom is 0.267 e. The molecule has 0 aliphatic carbocycles. The van der Waals surface area contributed by atoms with Crippen molar-refractivity contribution in [3.8, 4) is 17.1 Å². The Labute approximate surface area is 130 Å². The number of hydrogen-bond donors (Lipinski definition) is 1. The lowest BCUT2D eigenvalue weighted by Crippen LogP contribution is -2.13. The zero-order chi connectivity index (χ0) is 16.0. The van der Waals surface area contributed by atoms with Crippen LogP contribution in [0.15, 0.2) is 49.3 Å². The zero-order valence-electron chi connectivity index (χ0n) is 12.3. The first-order chi connectivity index (χ1) is 11.1. The summed E-state index contributed by atoms with van der Waals surface area (Å²) in [7, 11) is 1.86. The van der Waals surface area contributed by atoms with Crippen LogP contribution in [0.2, 0.25) is 0 Å². The number of aromatic nitrogens is 6. The topological polar surface area (TPSA) is 96.0 Å². The molecule has 0 fully saturated rings. The Morgan fingerprint density at radius 3 is 2.83 bits per heavy atom. The Bertz CT molecular complexity index is 1020. The second kappa shape index (κ2) is 4.80. The first kappa shape index (κ1) is 13.3. The summed E-state index contributed by atoms with van der Waals surface area (Å²) in [6.45, 7) is 0. The molecule has 0 radical (unpaired) electrons. The van der Waals surface area contributed by atoms with Crippen LogP contribution in [0.3, 0.4) is 0 Å². The number of nitrogens with zero attached hydrogens (tertiary/aromatic N) is 6. The lowest BCUT2D eigenvalue weighted by atomic mass is 10.3. The molecule has 4 aromatic rings. The van der Waals surface area contributed by atoms with Gasteiger partial charge in [-0.25, -0.2) is 9.97 Å². The van der Waals surface area contributed by atoms with Crippen molar-refractivity contribution in [3.63, 3.8) is 0 Å². The number of amides is 1. The highest BCUT2D eigenvalue weighted by Gasteiger charge is 2.12. The minimum atomic E-state index is -0.523. The molecule has 23 heavy (non-hydrogen) atoms. The summed E-state index contributed by atoms with van der Waals surface area (Å²) in [5.41, 5.74) is 8.87. The summed E-state index contributed by atoms with van der Waals surface area (Å²) in [5, 5.41) is 4.40. The van der Waals surface area contributed by atoms with Gasteiger partial charge in [0.1, 0.15) is 17.0 Å². The lowest BCUT2D eigenvalue weighted by molar-refractivity contribution is 0.0995. The van der Waals surface area contributed by atoms with Gasteiger partial charge in [-0.3, -0.25) is 18.4 Å². The largest absolute Gasteiger partial charge is 0.364 e. The maximum atomic E-state index is 11.5. The van der Waals surface area contributed by atoms with Crippen molar-refractivity contribution in [1.82, 2.24) is 28.7 Å². The number of fused-ring (bicyclic) bond motifs is 1. The molecule has 0 aromatic carbocycles. The minimum Gasteiger partial charge on any atom is -0.364 e. The van der Waals surface area contributed by atoms with E-state index in [1.54, 1.807) is 27.8 Å². The first-order valence-corrected chi connectivity index (χ1v) is 6.93. The summed E-state index contributed by atoms with van der Waals surface area (Å²) in [5.74, 6) is -0.523. The number of nitrogens with two attached hydrogens (primary N) is 1. The van der Waals surface area contributed by atoms with Gasteiger partial charge in [0.15, 0.2) is 0 Å². The summed E-state index contributed by atoms with van der Waals surface area (Å²) in [4.78, 5) is 19.9. The summed E-state index contributed by atoms with van der Waals surface area (Å²) < 4.78 is 5.29. The molecule has 114 valence electrons. The molecule has 0 aliphatic heterocycles. The van der Waals surface area contributed by atoms with Crippen molar-refractivity contribution in [2.45, 2.75) is 0 Å². The van der Waals surface area contributed by atoms with Crippen LogP contribution in [0, 0.1) is 0 Å². The van der Waals surface area contributed by atoms with Crippen molar-refractivity contribution in [2.24, 2.45) is 12.8 Å². The molecule has 8 heteroatoms. The van der Waals surface area contributed by atoms with Crippen LogP contribution in [0.5, 0.6) is 0 Å². The van der Waals surface area contributed by atoms with Gasteiger partial charge in [-0.2, -0.15) is 5.10 Å². The fourth-order valence-corrected chi connectivity index (χ4v) is 2.54. The molecule has 0 atom stereocenters.